The SMILES string of the molecule is CC(C)(C)OC(=O)CCNCC1Cc2ccccc2O1. The van der Waals surface area contributed by atoms with Crippen molar-refractivity contribution in [2.75, 3.05) is 13.1 Å². The predicted octanol–water partition coefficient (Wildman–Crippen LogP) is 2.31. The fraction of sp³-hybridized carbons (Fsp3) is 0.562. The second-order valence-corrected chi connectivity index (χ2v) is 6.09. The molecule has 20 heavy (non-hydrogen) atoms. The lowest BCUT2D eigenvalue weighted by molar-refractivity contribution is -0.154. The van der Waals surface area contributed by atoms with Crippen LogP contribution >= 0.6 is 0 Å². The Morgan fingerprint density at radius 3 is 2.85 bits per heavy atom. The zero-order valence-corrected chi connectivity index (χ0v) is 12.4. The van der Waals surface area contributed by atoms with Crippen LogP contribution in [0.1, 0.15) is 32.8 Å². The Hall–Kier alpha value is -1.55. The fourth-order valence-electron chi connectivity index (χ4n) is 2.21. The van der Waals surface area contributed by atoms with Crippen LogP contribution in [-0.4, -0.2) is 30.8 Å². The topological polar surface area (TPSA) is 47.6 Å². The molecule has 0 fully saturated rings. The molecule has 0 spiro atoms. The van der Waals surface area contributed by atoms with Crippen molar-refractivity contribution < 1.29 is 14.3 Å². The van der Waals surface area contributed by atoms with E-state index in [4.69, 9.17) is 9.47 Å². The zero-order valence-electron chi connectivity index (χ0n) is 12.4. The smallest absolute Gasteiger partial charge is 0.307 e. The first-order valence-corrected chi connectivity index (χ1v) is 7.11. The van der Waals surface area contributed by atoms with Crippen molar-refractivity contribution >= 4 is 5.97 Å². The summed E-state index contributed by atoms with van der Waals surface area (Å²) >= 11 is 0. The maximum absolute atomic E-state index is 11.5. The van der Waals surface area contributed by atoms with Crippen LogP contribution in [0, 0.1) is 0 Å². The Morgan fingerprint density at radius 1 is 1.40 bits per heavy atom. The minimum absolute atomic E-state index is 0.158. The summed E-state index contributed by atoms with van der Waals surface area (Å²) in [6, 6.07) is 8.10. The van der Waals surface area contributed by atoms with Crippen molar-refractivity contribution in [1.29, 1.82) is 0 Å². The van der Waals surface area contributed by atoms with Crippen LogP contribution in [0.15, 0.2) is 24.3 Å². The third kappa shape index (κ3) is 4.53. The highest BCUT2D eigenvalue weighted by molar-refractivity contribution is 5.70. The van der Waals surface area contributed by atoms with Gasteiger partial charge in [-0.2, -0.15) is 0 Å². The molecule has 0 bridgehead atoms. The summed E-state index contributed by atoms with van der Waals surface area (Å²) in [5.41, 5.74) is 0.847. The van der Waals surface area contributed by atoms with Gasteiger partial charge < -0.3 is 14.8 Å². The van der Waals surface area contributed by atoms with Crippen molar-refractivity contribution in [3.05, 3.63) is 29.8 Å². The molecule has 1 atom stereocenters. The highest BCUT2D eigenvalue weighted by Crippen LogP contribution is 2.27. The highest BCUT2D eigenvalue weighted by atomic mass is 16.6. The lowest BCUT2D eigenvalue weighted by Gasteiger charge is -2.19. The molecule has 1 heterocycles. The molecule has 1 aliphatic heterocycles. The van der Waals surface area contributed by atoms with Gasteiger partial charge in [-0.3, -0.25) is 4.79 Å². The highest BCUT2D eigenvalue weighted by Gasteiger charge is 2.22. The first kappa shape index (κ1) is 14.9. The summed E-state index contributed by atoms with van der Waals surface area (Å²) in [5.74, 6) is 0.812. The average Bonchev–Trinajstić information content (AvgIpc) is 2.75. The van der Waals surface area contributed by atoms with Gasteiger partial charge in [0.05, 0.1) is 6.42 Å². The largest absolute Gasteiger partial charge is 0.488 e. The fourth-order valence-corrected chi connectivity index (χ4v) is 2.21. The summed E-state index contributed by atoms with van der Waals surface area (Å²) < 4.78 is 11.1. The molecule has 110 valence electrons. The first-order valence-electron chi connectivity index (χ1n) is 7.11. The molecule has 4 nitrogen and oxygen atoms in total. The molecule has 0 saturated heterocycles. The molecule has 0 radical (unpaired) electrons. The number of hydrogen-bond donors (Lipinski definition) is 1. The van der Waals surface area contributed by atoms with E-state index in [-0.39, 0.29) is 12.1 Å². The van der Waals surface area contributed by atoms with E-state index in [1.165, 1.54) is 5.56 Å². The van der Waals surface area contributed by atoms with Gasteiger partial charge in [-0.1, -0.05) is 18.2 Å². The summed E-state index contributed by atoms with van der Waals surface area (Å²) in [6.07, 6.45) is 1.47. The van der Waals surface area contributed by atoms with Crippen molar-refractivity contribution in [2.24, 2.45) is 0 Å². The molecule has 0 saturated carbocycles. The van der Waals surface area contributed by atoms with Crippen molar-refractivity contribution in [3.63, 3.8) is 0 Å². The van der Waals surface area contributed by atoms with Crippen LogP contribution in [0.25, 0.3) is 0 Å². The average molecular weight is 277 g/mol. The lowest BCUT2D eigenvalue weighted by atomic mass is 10.1. The van der Waals surface area contributed by atoms with Gasteiger partial charge in [0, 0.05) is 19.5 Å². The number of para-hydroxylation sites is 1. The Kier molecular flexibility index (Phi) is 4.65. The van der Waals surface area contributed by atoms with Gasteiger partial charge in [-0.25, -0.2) is 0 Å². The molecule has 1 aliphatic rings. The molecule has 0 aromatic heterocycles. The van der Waals surface area contributed by atoms with Gasteiger partial charge in [-0.05, 0) is 32.4 Å². The second kappa shape index (κ2) is 6.27. The molecule has 0 aliphatic carbocycles. The Labute approximate surface area is 120 Å². The van der Waals surface area contributed by atoms with Crippen molar-refractivity contribution in [2.45, 2.75) is 45.3 Å². The first-order chi connectivity index (χ1) is 9.44. The number of esters is 1. The van der Waals surface area contributed by atoms with Gasteiger partial charge >= 0.3 is 5.97 Å². The molecule has 1 N–H and O–H groups in total. The molecule has 4 heteroatoms. The number of fused-ring (bicyclic) bond motifs is 1. The summed E-state index contributed by atoms with van der Waals surface area (Å²) in [7, 11) is 0. The molecular formula is C16H23NO3. The maximum atomic E-state index is 11.5. The molecule has 0 amide bonds. The van der Waals surface area contributed by atoms with Gasteiger partial charge in [0.2, 0.25) is 0 Å². The quantitative estimate of drug-likeness (QED) is 0.663. The maximum Gasteiger partial charge on any atom is 0.307 e. The number of hydrogen-bond acceptors (Lipinski definition) is 4. The van der Waals surface area contributed by atoms with Crippen molar-refractivity contribution in [1.82, 2.24) is 5.32 Å². The number of nitrogens with one attached hydrogen (secondary N) is 1. The third-order valence-corrected chi connectivity index (χ3v) is 3.01. The minimum atomic E-state index is -0.409. The summed E-state index contributed by atoms with van der Waals surface area (Å²) in [6.45, 7) is 6.99. The van der Waals surface area contributed by atoms with Crippen LogP contribution in [0.2, 0.25) is 0 Å². The Morgan fingerprint density at radius 2 is 2.15 bits per heavy atom. The van der Waals surface area contributed by atoms with E-state index in [1.54, 1.807) is 0 Å². The van der Waals surface area contributed by atoms with Crippen LogP contribution < -0.4 is 10.1 Å². The van der Waals surface area contributed by atoms with E-state index < -0.39 is 5.60 Å². The second-order valence-electron chi connectivity index (χ2n) is 6.09. The van der Waals surface area contributed by atoms with Crippen LogP contribution in [0.3, 0.4) is 0 Å². The predicted molar refractivity (Wildman–Crippen MR) is 77.9 cm³/mol. The molecule has 1 aromatic rings. The Bertz CT molecular complexity index is 440. The number of rotatable bonds is 5. The monoisotopic (exact) mass is 277 g/mol. The van der Waals surface area contributed by atoms with E-state index in [2.05, 4.69) is 11.4 Å². The lowest BCUT2D eigenvalue weighted by Crippen LogP contribution is -2.32. The zero-order chi connectivity index (χ0) is 14.6. The number of carbonyl (C=O) groups is 1. The van der Waals surface area contributed by atoms with Crippen molar-refractivity contribution in [3.8, 4) is 5.75 Å². The number of carbonyl (C=O) groups excluding carboxylic acids is 1. The van der Waals surface area contributed by atoms with Gasteiger partial charge in [0.1, 0.15) is 17.5 Å². The molecule has 2 rings (SSSR count). The van der Waals surface area contributed by atoms with E-state index in [0.717, 1.165) is 18.7 Å². The molecule has 1 aromatic carbocycles. The summed E-state index contributed by atoms with van der Waals surface area (Å²) in [5, 5.41) is 3.25. The minimum Gasteiger partial charge on any atom is -0.488 e. The van der Waals surface area contributed by atoms with Crippen LogP contribution in [0.5, 0.6) is 5.75 Å². The Balaban J connectivity index is 1.63. The van der Waals surface area contributed by atoms with Gasteiger partial charge in [-0.15, -0.1) is 0 Å². The van der Waals surface area contributed by atoms with Crippen LogP contribution in [-0.2, 0) is 16.0 Å². The normalized spacial score (nSPS) is 17.4. The van der Waals surface area contributed by atoms with E-state index >= 15 is 0 Å². The summed E-state index contributed by atoms with van der Waals surface area (Å²) in [4.78, 5) is 11.5. The van der Waals surface area contributed by atoms with E-state index in [1.807, 2.05) is 39.0 Å². The van der Waals surface area contributed by atoms with E-state index in [0.29, 0.717) is 13.0 Å². The number of benzene rings is 1. The number of ether oxygens (including phenoxy) is 2. The third-order valence-electron chi connectivity index (χ3n) is 3.01. The van der Waals surface area contributed by atoms with Gasteiger partial charge in [0.25, 0.3) is 0 Å². The van der Waals surface area contributed by atoms with Crippen LogP contribution in [0.4, 0.5) is 0 Å². The van der Waals surface area contributed by atoms with Gasteiger partial charge in [0.15, 0.2) is 0 Å². The standard InChI is InChI=1S/C16H23NO3/c1-16(2,3)20-15(18)8-9-17-11-13-10-12-6-4-5-7-14(12)19-13/h4-7,13,17H,8-11H2,1-3H3. The molecule has 1 unspecified atom stereocenters. The molecular weight excluding hydrogens is 254 g/mol. The van der Waals surface area contributed by atoms with E-state index in [9.17, 15) is 4.79 Å².